The van der Waals surface area contributed by atoms with E-state index in [1.165, 1.54) is 0 Å². The van der Waals surface area contributed by atoms with E-state index >= 15 is 0 Å². The van der Waals surface area contributed by atoms with Crippen molar-refractivity contribution in [3.8, 4) is 0 Å². The van der Waals surface area contributed by atoms with Gasteiger partial charge in [0.15, 0.2) is 0 Å². The lowest BCUT2D eigenvalue weighted by atomic mass is 9.45. The Morgan fingerprint density at radius 3 is 2.69 bits per heavy atom. The molecular formula is C21H34N2O3. The van der Waals surface area contributed by atoms with Gasteiger partial charge in [0.25, 0.3) is 0 Å². The number of nitrogens with zero attached hydrogens (tertiary/aromatic N) is 1. The van der Waals surface area contributed by atoms with Crippen LogP contribution in [0.5, 0.6) is 0 Å². The molecule has 0 radical (unpaired) electrons. The number of aliphatic hydroxyl groups is 1. The predicted octanol–water partition coefficient (Wildman–Crippen LogP) is 2.90. The maximum atomic E-state index is 13.2. The van der Waals surface area contributed by atoms with Crippen LogP contribution in [0.1, 0.15) is 65.2 Å². The van der Waals surface area contributed by atoms with Crippen molar-refractivity contribution in [3.63, 3.8) is 0 Å². The Morgan fingerprint density at radius 1 is 1.15 bits per heavy atom. The predicted molar refractivity (Wildman–Crippen MR) is 101 cm³/mol. The lowest BCUT2D eigenvalue weighted by Crippen LogP contribution is -2.57. The van der Waals surface area contributed by atoms with Crippen LogP contribution in [0.3, 0.4) is 0 Å². The van der Waals surface area contributed by atoms with Gasteiger partial charge < -0.3 is 15.7 Å². The molecule has 7 atom stereocenters. The minimum Gasteiger partial charge on any atom is -0.395 e. The number of Topliss-reactive ketones (excluding diaryl/α,β-unsaturated/α-hetero) is 1. The first-order chi connectivity index (χ1) is 12.4. The summed E-state index contributed by atoms with van der Waals surface area (Å²) >= 11 is 0. The van der Waals surface area contributed by atoms with Crippen molar-refractivity contribution in [3.05, 3.63) is 0 Å². The molecule has 5 heteroatoms. The van der Waals surface area contributed by atoms with E-state index in [0.717, 1.165) is 50.7 Å². The zero-order valence-electron chi connectivity index (χ0n) is 16.2. The molecule has 0 amide bonds. The minimum atomic E-state index is -0.182. The second kappa shape index (κ2) is 6.59. The minimum absolute atomic E-state index is 0.0298. The maximum absolute atomic E-state index is 13.2. The van der Waals surface area contributed by atoms with Crippen LogP contribution < -0.4 is 5.73 Å². The summed E-state index contributed by atoms with van der Waals surface area (Å²) in [6, 6.07) is 0. The van der Waals surface area contributed by atoms with Crippen molar-refractivity contribution in [2.45, 2.75) is 71.3 Å². The van der Waals surface area contributed by atoms with Crippen LogP contribution in [-0.2, 0) is 9.63 Å². The first-order valence-corrected chi connectivity index (χ1v) is 10.5. The SMILES string of the molecule is C[C@]12CC/C(=N\OCCN)C[C@@H]1C(=O)C[C@@H]1[C@@H]2CC[C@]2(C)C(O)CC[C@@H]12. The monoisotopic (exact) mass is 362 g/mol. The van der Waals surface area contributed by atoms with Gasteiger partial charge in [-0.15, -0.1) is 0 Å². The number of nitrogens with two attached hydrogens (primary N) is 1. The number of rotatable bonds is 3. The molecule has 4 rings (SSSR count). The molecule has 26 heavy (non-hydrogen) atoms. The van der Waals surface area contributed by atoms with Gasteiger partial charge in [-0.2, -0.15) is 0 Å². The molecule has 0 saturated heterocycles. The second-order valence-corrected chi connectivity index (χ2v) is 9.73. The van der Waals surface area contributed by atoms with Crippen LogP contribution in [0.15, 0.2) is 5.16 Å². The third kappa shape index (κ3) is 2.65. The number of ketones is 1. The van der Waals surface area contributed by atoms with E-state index in [-0.39, 0.29) is 22.9 Å². The average Bonchev–Trinajstić information content (AvgIpc) is 2.92. The summed E-state index contributed by atoms with van der Waals surface area (Å²) in [5.41, 5.74) is 6.61. The Bertz CT molecular complexity index is 606. The van der Waals surface area contributed by atoms with Crippen LogP contribution in [0, 0.1) is 34.5 Å². The number of fused-ring (bicyclic) bond motifs is 5. The van der Waals surface area contributed by atoms with Gasteiger partial charge in [-0.3, -0.25) is 4.79 Å². The molecule has 0 aromatic rings. The molecule has 1 unspecified atom stereocenters. The quantitative estimate of drug-likeness (QED) is 0.597. The third-order valence-corrected chi connectivity index (χ3v) is 8.65. The van der Waals surface area contributed by atoms with E-state index < -0.39 is 0 Å². The smallest absolute Gasteiger partial charge is 0.137 e. The fourth-order valence-electron chi connectivity index (χ4n) is 7.09. The van der Waals surface area contributed by atoms with Gasteiger partial charge in [-0.25, -0.2) is 0 Å². The summed E-state index contributed by atoms with van der Waals surface area (Å²) in [6.07, 6.45) is 7.50. The second-order valence-electron chi connectivity index (χ2n) is 9.73. The van der Waals surface area contributed by atoms with Gasteiger partial charge >= 0.3 is 0 Å². The molecule has 3 N–H and O–H groups in total. The number of carbonyl (C=O) groups is 1. The Kier molecular flexibility index (Phi) is 4.67. The summed E-state index contributed by atoms with van der Waals surface area (Å²) < 4.78 is 0. The number of carbonyl (C=O) groups excluding carboxylic acids is 1. The molecular weight excluding hydrogens is 328 g/mol. The van der Waals surface area contributed by atoms with E-state index in [4.69, 9.17) is 10.6 Å². The Balaban J connectivity index is 1.56. The van der Waals surface area contributed by atoms with Gasteiger partial charge in [-0.05, 0) is 73.5 Å². The van der Waals surface area contributed by atoms with E-state index in [1.807, 2.05) is 0 Å². The number of hydrogen-bond donors (Lipinski definition) is 2. The van der Waals surface area contributed by atoms with Crippen molar-refractivity contribution in [2.75, 3.05) is 13.2 Å². The van der Waals surface area contributed by atoms with Gasteiger partial charge in [-0.1, -0.05) is 19.0 Å². The highest BCUT2D eigenvalue weighted by Crippen LogP contribution is 2.65. The highest BCUT2D eigenvalue weighted by molar-refractivity contribution is 5.93. The molecule has 5 nitrogen and oxygen atoms in total. The molecule has 146 valence electrons. The van der Waals surface area contributed by atoms with Crippen molar-refractivity contribution < 1.29 is 14.7 Å². The fraction of sp³-hybridized carbons (Fsp3) is 0.905. The summed E-state index contributed by atoms with van der Waals surface area (Å²) in [7, 11) is 0. The van der Waals surface area contributed by atoms with Crippen LogP contribution >= 0.6 is 0 Å². The van der Waals surface area contributed by atoms with E-state index in [1.54, 1.807) is 0 Å². The number of oxime groups is 1. The number of aliphatic hydroxyl groups excluding tert-OH is 1. The first-order valence-electron chi connectivity index (χ1n) is 10.5. The Morgan fingerprint density at radius 2 is 1.92 bits per heavy atom. The Hall–Kier alpha value is -0.940. The molecule has 0 heterocycles. The van der Waals surface area contributed by atoms with Crippen molar-refractivity contribution in [1.82, 2.24) is 0 Å². The molecule has 0 aromatic carbocycles. The molecule has 0 aromatic heterocycles. The third-order valence-electron chi connectivity index (χ3n) is 8.65. The molecule has 4 saturated carbocycles. The van der Waals surface area contributed by atoms with Crippen LogP contribution in [-0.4, -0.2) is 35.9 Å². The van der Waals surface area contributed by atoms with Crippen LogP contribution in [0.4, 0.5) is 0 Å². The lowest BCUT2D eigenvalue weighted by Gasteiger charge is -2.59. The largest absolute Gasteiger partial charge is 0.395 e. The van der Waals surface area contributed by atoms with Crippen molar-refractivity contribution in [1.29, 1.82) is 0 Å². The van der Waals surface area contributed by atoms with Crippen LogP contribution in [0.2, 0.25) is 0 Å². The average molecular weight is 363 g/mol. The van der Waals surface area contributed by atoms with Crippen molar-refractivity contribution in [2.24, 2.45) is 45.4 Å². The highest BCUT2D eigenvalue weighted by Gasteiger charge is 2.61. The molecule has 4 aliphatic rings. The van der Waals surface area contributed by atoms with Gasteiger partial charge in [0, 0.05) is 18.9 Å². The number of hydrogen-bond acceptors (Lipinski definition) is 5. The summed E-state index contributed by atoms with van der Waals surface area (Å²) in [5.74, 6) is 2.10. The zero-order valence-corrected chi connectivity index (χ0v) is 16.2. The fourth-order valence-corrected chi connectivity index (χ4v) is 7.09. The molecule has 0 aliphatic heterocycles. The Labute approximate surface area is 156 Å². The summed E-state index contributed by atoms with van der Waals surface area (Å²) in [4.78, 5) is 18.4. The van der Waals surface area contributed by atoms with E-state index in [9.17, 15) is 9.90 Å². The lowest BCUT2D eigenvalue weighted by molar-refractivity contribution is -0.152. The normalized spacial score (nSPS) is 49.5. The molecule has 4 aliphatic carbocycles. The highest BCUT2D eigenvalue weighted by atomic mass is 16.6. The van der Waals surface area contributed by atoms with Crippen LogP contribution in [0.25, 0.3) is 0 Å². The summed E-state index contributed by atoms with van der Waals surface area (Å²) in [5, 5.41) is 14.8. The maximum Gasteiger partial charge on any atom is 0.137 e. The standard InChI is InChI=1S/C21H34N2O3/c1-20-7-5-13(23-26-10-9-22)11-17(20)18(24)12-14-15-3-4-19(25)21(15,2)8-6-16(14)20/h14-17,19,25H,3-12,22H2,1-2H3/b23-13+/t14-,15-,16-,17+,19?,20+,21-/m0/s1. The molecule has 0 bridgehead atoms. The molecule has 4 fully saturated rings. The molecule has 0 spiro atoms. The van der Waals surface area contributed by atoms with Gasteiger partial charge in [0.05, 0.1) is 11.8 Å². The van der Waals surface area contributed by atoms with Crippen molar-refractivity contribution >= 4 is 11.5 Å². The van der Waals surface area contributed by atoms with Gasteiger partial charge in [0.1, 0.15) is 12.4 Å². The topological polar surface area (TPSA) is 84.9 Å². The van der Waals surface area contributed by atoms with E-state index in [2.05, 4.69) is 19.0 Å². The summed E-state index contributed by atoms with van der Waals surface area (Å²) in [6.45, 7) is 5.53. The van der Waals surface area contributed by atoms with E-state index in [0.29, 0.717) is 43.1 Å². The zero-order chi connectivity index (χ0) is 18.5. The van der Waals surface area contributed by atoms with Gasteiger partial charge in [0.2, 0.25) is 0 Å². The first kappa shape index (κ1) is 18.4.